The van der Waals surface area contributed by atoms with Crippen LogP contribution in [-0.2, 0) is 10.8 Å². The fourth-order valence-corrected chi connectivity index (χ4v) is 17.6. The standard InChI is InChI=1S/C50H55N.C44H50BrN.C6H7BO2/c1-3-5-7-9-11-21-33-50(34-22-12-10-8-6-4-2)46-28-20-19-27-42(46)43-31-29-41(36-47(43)50)49-37-44(39-25-17-14-18-26-39)45-35-40(30-32-48(45)51-49)38-23-15-13-16-24-38;1-3-5-7-9-11-18-28-44(29-19-12-10-8-6-4-2)40-23-17-16-22-36(40)37-26-24-34(30-41(37)44)43-32-38(33-20-14-13-15-21-33)39-31-35(45)25-27-42(39)46-43;8-7(9)6-4-2-1-3-5-6/h13-20,23-32,35-37H,3-12,21-22,33-34H2,1-2H3;13-17,20-27,30-32H,3-12,18-19,28-29H2,1-2H3;1-5,8-9H. The Balaban J connectivity index is 0.000000178. The summed E-state index contributed by atoms with van der Waals surface area (Å²) in [5.74, 6) is 0. The second kappa shape index (κ2) is 38.8. The lowest BCUT2D eigenvalue weighted by Gasteiger charge is -2.33. The first-order valence-electron chi connectivity index (χ1n) is 40.8. The van der Waals surface area contributed by atoms with E-state index in [9.17, 15) is 0 Å². The molecule has 2 aromatic heterocycles. The fourth-order valence-electron chi connectivity index (χ4n) is 17.3. The molecule has 0 atom stereocenters. The molecule has 2 N–H and O–H groups in total. The molecule has 0 amide bonds. The molecular formula is C100H112BBrN2O2. The molecule has 6 heteroatoms. The van der Waals surface area contributed by atoms with Crippen LogP contribution in [0.5, 0.6) is 0 Å². The number of halogens is 1. The summed E-state index contributed by atoms with van der Waals surface area (Å²) in [5.41, 5.74) is 26.6. The van der Waals surface area contributed by atoms with Gasteiger partial charge >= 0.3 is 7.12 Å². The molecule has 0 saturated carbocycles. The SMILES string of the molecule is CCCCCCCCC1(CCCCCCCC)c2ccccc2-c2ccc(-c3cc(-c4ccccc4)c4cc(-c5ccccc5)ccc4n3)cc21.CCCCCCCCC1(CCCCCCCC)c2ccccc2-c2ccc(-c3cc(-c4ccccc4)c4cc(Br)ccc4n3)cc21.OB(O)c1ccccc1. The number of benzene rings is 10. The van der Waals surface area contributed by atoms with Crippen LogP contribution in [0.2, 0.25) is 0 Å². The van der Waals surface area contributed by atoms with Gasteiger partial charge in [0.15, 0.2) is 0 Å². The van der Waals surface area contributed by atoms with Crippen molar-refractivity contribution in [2.24, 2.45) is 0 Å². The Morgan fingerprint density at radius 2 is 0.604 bits per heavy atom. The van der Waals surface area contributed by atoms with E-state index in [0.29, 0.717) is 5.46 Å². The van der Waals surface area contributed by atoms with Crippen molar-refractivity contribution in [1.29, 1.82) is 0 Å². The highest BCUT2D eigenvalue weighted by Gasteiger charge is 2.44. The number of pyridine rings is 2. The minimum absolute atomic E-state index is 0.0567. The molecule has 0 unspecified atom stereocenters. The van der Waals surface area contributed by atoms with Crippen LogP contribution in [0.1, 0.15) is 230 Å². The van der Waals surface area contributed by atoms with Gasteiger partial charge in [-0.15, -0.1) is 0 Å². The smallest absolute Gasteiger partial charge is 0.423 e. The molecule has 0 fully saturated rings. The summed E-state index contributed by atoms with van der Waals surface area (Å²) in [4.78, 5) is 10.7. The molecule has 2 heterocycles. The van der Waals surface area contributed by atoms with E-state index in [2.05, 4.69) is 268 Å². The Bertz CT molecular complexity index is 4690. The van der Waals surface area contributed by atoms with Crippen molar-refractivity contribution >= 4 is 50.3 Å². The van der Waals surface area contributed by atoms with Crippen LogP contribution in [0.15, 0.2) is 259 Å². The monoisotopic (exact) mass is 1460 g/mol. The summed E-state index contributed by atoms with van der Waals surface area (Å²) < 4.78 is 1.08. The second-order valence-corrected chi connectivity index (χ2v) is 31.1. The lowest BCUT2D eigenvalue weighted by Crippen LogP contribution is -2.29. The summed E-state index contributed by atoms with van der Waals surface area (Å²) >= 11 is 3.71. The average Bonchev–Trinajstić information content (AvgIpc) is 1.57. The largest absolute Gasteiger partial charge is 0.488 e. The van der Waals surface area contributed by atoms with E-state index in [1.54, 1.807) is 35.4 Å². The lowest BCUT2D eigenvalue weighted by atomic mass is 9.70. The van der Waals surface area contributed by atoms with Gasteiger partial charge < -0.3 is 10.0 Å². The normalized spacial score (nSPS) is 12.7. The Morgan fingerprint density at radius 3 is 1.00 bits per heavy atom. The van der Waals surface area contributed by atoms with Crippen molar-refractivity contribution < 1.29 is 10.0 Å². The quantitative estimate of drug-likeness (QED) is 0.0312. The average molecular weight is 1460 g/mol. The number of rotatable bonds is 34. The van der Waals surface area contributed by atoms with Crippen LogP contribution in [-0.4, -0.2) is 27.1 Å². The van der Waals surface area contributed by atoms with Crippen LogP contribution < -0.4 is 5.46 Å². The number of unbranched alkanes of at least 4 members (excludes halogenated alkanes) is 20. The van der Waals surface area contributed by atoms with Crippen molar-refractivity contribution in [2.75, 3.05) is 0 Å². The highest BCUT2D eigenvalue weighted by atomic mass is 79.9. The van der Waals surface area contributed by atoms with Crippen molar-refractivity contribution in [2.45, 2.75) is 218 Å². The number of fused-ring (bicyclic) bond motifs is 8. The van der Waals surface area contributed by atoms with Gasteiger partial charge in [-0.2, -0.15) is 0 Å². The van der Waals surface area contributed by atoms with E-state index < -0.39 is 7.12 Å². The van der Waals surface area contributed by atoms with Crippen molar-refractivity contribution in [3.63, 3.8) is 0 Å². The first-order chi connectivity index (χ1) is 52.2. The zero-order valence-corrected chi connectivity index (χ0v) is 65.4. The van der Waals surface area contributed by atoms with Gasteiger partial charge in [0.1, 0.15) is 0 Å². The zero-order chi connectivity index (χ0) is 73.3. The van der Waals surface area contributed by atoms with Crippen LogP contribution >= 0.6 is 15.9 Å². The third-order valence-electron chi connectivity index (χ3n) is 22.9. The lowest BCUT2D eigenvalue weighted by molar-refractivity contribution is 0.398. The molecule has 0 spiro atoms. The number of aromatic nitrogens is 2. The number of hydrogen-bond acceptors (Lipinski definition) is 4. The van der Waals surface area contributed by atoms with E-state index in [1.165, 1.54) is 268 Å². The maximum Gasteiger partial charge on any atom is 0.488 e. The van der Waals surface area contributed by atoms with Gasteiger partial charge in [-0.1, -0.05) is 398 Å². The van der Waals surface area contributed by atoms with Gasteiger partial charge in [0.2, 0.25) is 0 Å². The molecule has 0 bridgehead atoms. The summed E-state index contributed by atoms with van der Waals surface area (Å²) in [6.07, 6.45) is 36.9. The van der Waals surface area contributed by atoms with E-state index in [0.717, 1.165) is 26.9 Å². The summed E-state index contributed by atoms with van der Waals surface area (Å²) in [6.45, 7) is 9.25. The topological polar surface area (TPSA) is 66.2 Å². The summed E-state index contributed by atoms with van der Waals surface area (Å²) in [7, 11) is -1.34. The first-order valence-corrected chi connectivity index (χ1v) is 41.6. The minimum atomic E-state index is -1.34. The Morgan fingerprint density at radius 1 is 0.274 bits per heavy atom. The molecular weight excluding hydrogens is 1350 g/mol. The van der Waals surface area contributed by atoms with Gasteiger partial charge in [-0.25, -0.2) is 9.97 Å². The van der Waals surface area contributed by atoms with Crippen molar-refractivity contribution in [3.05, 3.63) is 282 Å². The summed E-state index contributed by atoms with van der Waals surface area (Å²) in [6, 6.07) is 92.2. The van der Waals surface area contributed by atoms with Crippen LogP contribution in [0, 0.1) is 0 Å². The van der Waals surface area contributed by atoms with Crippen LogP contribution in [0.25, 0.3) is 100.0 Å². The van der Waals surface area contributed by atoms with Gasteiger partial charge in [-0.3, -0.25) is 0 Å². The van der Waals surface area contributed by atoms with E-state index in [-0.39, 0.29) is 10.8 Å². The molecule has 106 heavy (non-hydrogen) atoms. The molecule has 14 rings (SSSR count). The van der Waals surface area contributed by atoms with Crippen LogP contribution in [0.4, 0.5) is 0 Å². The van der Waals surface area contributed by atoms with E-state index in [4.69, 9.17) is 20.0 Å². The predicted molar refractivity (Wildman–Crippen MR) is 459 cm³/mol. The van der Waals surface area contributed by atoms with Crippen molar-refractivity contribution in [3.8, 4) is 78.1 Å². The van der Waals surface area contributed by atoms with Gasteiger partial charge in [-0.05, 0) is 164 Å². The molecule has 4 nitrogen and oxygen atoms in total. The third-order valence-corrected chi connectivity index (χ3v) is 23.4. The molecule has 10 aromatic carbocycles. The third kappa shape index (κ3) is 18.7. The summed E-state index contributed by atoms with van der Waals surface area (Å²) in [5, 5.41) is 19.5. The predicted octanol–water partition coefficient (Wildman–Crippen LogP) is 28.5. The van der Waals surface area contributed by atoms with Crippen LogP contribution in [0.3, 0.4) is 0 Å². The van der Waals surface area contributed by atoms with E-state index in [1.807, 2.05) is 6.07 Å². The second-order valence-electron chi connectivity index (χ2n) is 30.2. The number of hydrogen-bond donors (Lipinski definition) is 2. The highest BCUT2D eigenvalue weighted by molar-refractivity contribution is 9.10. The van der Waals surface area contributed by atoms with E-state index >= 15 is 0 Å². The highest BCUT2D eigenvalue weighted by Crippen LogP contribution is 2.57. The molecule has 0 radical (unpaired) electrons. The molecule has 0 saturated heterocycles. The zero-order valence-electron chi connectivity index (χ0n) is 63.8. The maximum absolute atomic E-state index is 8.58. The molecule has 0 aliphatic heterocycles. The molecule has 544 valence electrons. The Hall–Kier alpha value is -8.52. The van der Waals surface area contributed by atoms with Gasteiger partial charge in [0, 0.05) is 37.2 Å². The molecule has 2 aliphatic rings. The van der Waals surface area contributed by atoms with Gasteiger partial charge in [0.05, 0.1) is 22.4 Å². The fraction of sp³-hybridized carbons (Fsp3) is 0.340. The Kier molecular flexibility index (Phi) is 28.3. The Labute approximate surface area is 644 Å². The molecule has 12 aromatic rings. The maximum atomic E-state index is 8.58. The molecule has 2 aliphatic carbocycles. The minimum Gasteiger partial charge on any atom is -0.423 e. The first kappa shape index (κ1) is 77.1. The number of nitrogens with zero attached hydrogens (tertiary/aromatic N) is 2. The van der Waals surface area contributed by atoms with Gasteiger partial charge in [0.25, 0.3) is 0 Å². The van der Waals surface area contributed by atoms with Crippen molar-refractivity contribution in [1.82, 2.24) is 9.97 Å².